The molecule has 0 unspecified atom stereocenters. The molecule has 0 heterocycles. The minimum Gasteiger partial charge on any atom is -0.492 e. The molecule has 0 radical (unpaired) electrons. The molecule has 0 bridgehead atoms. The van der Waals surface area contributed by atoms with E-state index in [1.54, 1.807) is 0 Å². The zero-order valence-electron chi connectivity index (χ0n) is 9.50. The van der Waals surface area contributed by atoms with Gasteiger partial charge in [-0.05, 0) is 23.3 Å². The lowest BCUT2D eigenvalue weighted by molar-refractivity contribution is 0.328. The largest absolute Gasteiger partial charge is 0.492 e. The van der Waals surface area contributed by atoms with Crippen LogP contribution in [0.2, 0.25) is 0 Å². The third-order valence-corrected chi connectivity index (χ3v) is 2.35. The summed E-state index contributed by atoms with van der Waals surface area (Å²) in [7, 11) is 0. The predicted octanol–water partition coefficient (Wildman–Crippen LogP) is 3.11. The third-order valence-electron chi connectivity index (χ3n) is 2.35. The van der Waals surface area contributed by atoms with Crippen LogP contribution >= 0.6 is 12.4 Å². The molecule has 2 rings (SSSR count). The molecule has 0 saturated carbocycles. The molecule has 2 aromatic rings. The molecule has 90 valence electrons. The Labute approximate surface area is 108 Å². The molecule has 2 aromatic carbocycles. The van der Waals surface area contributed by atoms with Crippen LogP contribution in [0, 0.1) is 0 Å². The molecule has 0 fully saturated rings. The number of benzene rings is 2. The first kappa shape index (κ1) is 13.6. The van der Waals surface area contributed by atoms with Gasteiger partial charge in [-0.1, -0.05) is 42.5 Å². The average Bonchev–Trinajstić information content (AvgIpc) is 2.38. The highest BCUT2D eigenvalue weighted by Gasteiger charge is 1.97. The zero-order valence-corrected chi connectivity index (χ0v) is 10.3. The van der Waals surface area contributed by atoms with Gasteiger partial charge >= 0.3 is 0 Å². The highest BCUT2D eigenvalue weighted by Crippen LogP contribution is 2.21. The fraction of sp³-hybridized carbons (Fsp3) is 0.143. The van der Waals surface area contributed by atoms with E-state index >= 15 is 0 Å². The highest BCUT2D eigenvalue weighted by atomic mass is 35.5. The summed E-state index contributed by atoms with van der Waals surface area (Å²) < 4.78 is 5.42. The number of rotatable bonds is 4. The van der Waals surface area contributed by atoms with Crippen molar-refractivity contribution in [3.63, 3.8) is 0 Å². The van der Waals surface area contributed by atoms with Gasteiger partial charge in [-0.25, -0.2) is 0 Å². The smallest absolute Gasteiger partial charge is 0.119 e. The van der Waals surface area contributed by atoms with Crippen LogP contribution in [0.25, 0.3) is 11.1 Å². The molecule has 0 aliphatic carbocycles. The molecule has 0 aromatic heterocycles. The van der Waals surface area contributed by atoms with E-state index in [0.717, 1.165) is 5.75 Å². The molecular formula is C14H16ClNO. The SMILES string of the molecule is Cl.NCCOc1ccc(-c2ccccc2)cc1. The van der Waals surface area contributed by atoms with E-state index < -0.39 is 0 Å². The van der Waals surface area contributed by atoms with Gasteiger partial charge in [0.1, 0.15) is 12.4 Å². The van der Waals surface area contributed by atoms with Crippen LogP contribution < -0.4 is 10.5 Å². The van der Waals surface area contributed by atoms with Gasteiger partial charge in [0.2, 0.25) is 0 Å². The molecule has 0 spiro atoms. The standard InChI is InChI=1S/C14H15NO.ClH/c15-10-11-16-14-8-6-13(7-9-14)12-4-2-1-3-5-12;/h1-9H,10-11,15H2;1H. The Morgan fingerprint density at radius 3 is 2.00 bits per heavy atom. The lowest BCUT2D eigenvalue weighted by atomic mass is 10.1. The van der Waals surface area contributed by atoms with Crippen LogP contribution in [0.3, 0.4) is 0 Å². The van der Waals surface area contributed by atoms with Crippen molar-refractivity contribution in [1.29, 1.82) is 0 Å². The minimum atomic E-state index is 0. The Hall–Kier alpha value is -1.51. The fourth-order valence-electron chi connectivity index (χ4n) is 1.55. The number of nitrogens with two attached hydrogens (primary N) is 1. The maximum absolute atomic E-state index is 5.42. The van der Waals surface area contributed by atoms with Crippen LogP contribution in [-0.4, -0.2) is 13.2 Å². The van der Waals surface area contributed by atoms with E-state index in [9.17, 15) is 0 Å². The van der Waals surface area contributed by atoms with Crippen molar-refractivity contribution in [3.05, 3.63) is 54.6 Å². The van der Waals surface area contributed by atoms with Gasteiger partial charge in [0.05, 0.1) is 0 Å². The lowest BCUT2D eigenvalue weighted by Crippen LogP contribution is -2.10. The molecule has 2 nitrogen and oxygen atoms in total. The second-order valence-electron chi connectivity index (χ2n) is 3.53. The van der Waals surface area contributed by atoms with Gasteiger partial charge in [-0.3, -0.25) is 0 Å². The summed E-state index contributed by atoms with van der Waals surface area (Å²) >= 11 is 0. The van der Waals surface area contributed by atoms with Gasteiger partial charge in [0.15, 0.2) is 0 Å². The summed E-state index contributed by atoms with van der Waals surface area (Å²) in [6.45, 7) is 1.10. The van der Waals surface area contributed by atoms with Crippen LogP contribution in [0.4, 0.5) is 0 Å². The molecule has 3 heteroatoms. The zero-order chi connectivity index (χ0) is 11.2. The topological polar surface area (TPSA) is 35.2 Å². The first-order valence-electron chi connectivity index (χ1n) is 5.38. The monoisotopic (exact) mass is 249 g/mol. The van der Waals surface area contributed by atoms with E-state index in [0.29, 0.717) is 13.2 Å². The van der Waals surface area contributed by atoms with Crippen LogP contribution in [0.5, 0.6) is 5.75 Å². The van der Waals surface area contributed by atoms with Crippen molar-refractivity contribution in [3.8, 4) is 16.9 Å². The summed E-state index contributed by atoms with van der Waals surface area (Å²) in [6, 6.07) is 18.3. The number of ether oxygens (including phenoxy) is 1. The Morgan fingerprint density at radius 1 is 0.824 bits per heavy atom. The Morgan fingerprint density at radius 2 is 1.41 bits per heavy atom. The summed E-state index contributed by atoms with van der Waals surface area (Å²) in [5.41, 5.74) is 7.78. The second kappa shape index (κ2) is 6.94. The molecule has 2 N–H and O–H groups in total. The van der Waals surface area contributed by atoms with E-state index in [2.05, 4.69) is 24.3 Å². The quantitative estimate of drug-likeness (QED) is 0.904. The number of hydrogen-bond acceptors (Lipinski definition) is 2. The van der Waals surface area contributed by atoms with E-state index in [4.69, 9.17) is 10.5 Å². The number of halogens is 1. The van der Waals surface area contributed by atoms with Crippen molar-refractivity contribution in [2.45, 2.75) is 0 Å². The van der Waals surface area contributed by atoms with Gasteiger partial charge in [-0.2, -0.15) is 0 Å². The van der Waals surface area contributed by atoms with Gasteiger partial charge in [0, 0.05) is 6.54 Å². The molecule has 0 aliphatic rings. The normalized spacial score (nSPS) is 9.47. The van der Waals surface area contributed by atoms with Crippen molar-refractivity contribution < 1.29 is 4.74 Å². The summed E-state index contributed by atoms with van der Waals surface area (Å²) in [4.78, 5) is 0. The van der Waals surface area contributed by atoms with Crippen LogP contribution in [0.1, 0.15) is 0 Å². The molecule has 0 saturated heterocycles. The summed E-state index contributed by atoms with van der Waals surface area (Å²) in [5.74, 6) is 0.866. The van der Waals surface area contributed by atoms with Crippen molar-refractivity contribution in [1.82, 2.24) is 0 Å². The third kappa shape index (κ3) is 3.77. The van der Waals surface area contributed by atoms with Crippen LogP contribution in [0.15, 0.2) is 54.6 Å². The molecule has 0 aliphatic heterocycles. The summed E-state index contributed by atoms with van der Waals surface area (Å²) in [5, 5.41) is 0. The van der Waals surface area contributed by atoms with Crippen LogP contribution in [-0.2, 0) is 0 Å². The highest BCUT2D eigenvalue weighted by molar-refractivity contribution is 5.85. The van der Waals surface area contributed by atoms with Gasteiger partial charge in [0.25, 0.3) is 0 Å². The maximum Gasteiger partial charge on any atom is 0.119 e. The first-order valence-corrected chi connectivity index (χ1v) is 5.38. The second-order valence-corrected chi connectivity index (χ2v) is 3.53. The summed E-state index contributed by atoms with van der Waals surface area (Å²) in [6.07, 6.45) is 0. The molecule has 0 amide bonds. The molecule has 0 atom stereocenters. The van der Waals surface area contributed by atoms with E-state index in [-0.39, 0.29) is 12.4 Å². The Balaban J connectivity index is 0.00000144. The minimum absolute atomic E-state index is 0. The fourth-order valence-corrected chi connectivity index (χ4v) is 1.55. The molecular weight excluding hydrogens is 234 g/mol. The van der Waals surface area contributed by atoms with E-state index in [1.165, 1.54) is 11.1 Å². The van der Waals surface area contributed by atoms with Gasteiger partial charge in [-0.15, -0.1) is 12.4 Å². The average molecular weight is 250 g/mol. The van der Waals surface area contributed by atoms with Crippen molar-refractivity contribution >= 4 is 12.4 Å². The number of hydrogen-bond donors (Lipinski definition) is 1. The molecule has 17 heavy (non-hydrogen) atoms. The maximum atomic E-state index is 5.42. The van der Waals surface area contributed by atoms with Crippen molar-refractivity contribution in [2.24, 2.45) is 5.73 Å². The first-order chi connectivity index (χ1) is 7.90. The van der Waals surface area contributed by atoms with E-state index in [1.807, 2.05) is 30.3 Å². The Kier molecular flexibility index (Phi) is 5.53. The lowest BCUT2D eigenvalue weighted by Gasteiger charge is -2.05. The van der Waals surface area contributed by atoms with Crippen molar-refractivity contribution in [2.75, 3.05) is 13.2 Å². The van der Waals surface area contributed by atoms with Gasteiger partial charge < -0.3 is 10.5 Å². The Bertz CT molecular complexity index is 428. The predicted molar refractivity (Wildman–Crippen MR) is 73.7 cm³/mol.